The maximum absolute atomic E-state index is 12.9. The molecule has 184 valence electrons. The molecule has 1 aromatic heterocycles. The average molecular weight is 484 g/mol. The van der Waals surface area contributed by atoms with Crippen LogP contribution in [-0.2, 0) is 6.18 Å². The fourth-order valence-corrected chi connectivity index (χ4v) is 3.79. The molecule has 35 heavy (non-hydrogen) atoms. The lowest BCUT2D eigenvalue weighted by Crippen LogP contribution is -2.25. The lowest BCUT2D eigenvalue weighted by Gasteiger charge is -2.17. The van der Waals surface area contributed by atoms with Crippen LogP contribution in [0.4, 0.5) is 13.2 Å². The Morgan fingerprint density at radius 1 is 0.886 bits per heavy atom. The molecule has 0 aliphatic rings. The number of aromatic amines is 1. The number of benzene rings is 3. The number of aromatic nitrogens is 2. The summed E-state index contributed by atoms with van der Waals surface area (Å²) in [6, 6.07) is 17.6. The minimum Gasteiger partial charge on any atom is -0.493 e. The number of nitrogens with zero attached hydrogens (tertiary/aromatic N) is 2. The van der Waals surface area contributed by atoms with E-state index in [9.17, 15) is 13.2 Å². The minimum atomic E-state index is -4.42. The molecule has 0 saturated heterocycles. The highest BCUT2D eigenvalue weighted by Gasteiger charge is 2.30. The molecule has 0 aliphatic heterocycles. The summed E-state index contributed by atoms with van der Waals surface area (Å²) in [5.41, 5.74) is 1.77. The number of nitrogens with one attached hydrogen (secondary N) is 1. The zero-order chi connectivity index (χ0) is 24.8. The van der Waals surface area contributed by atoms with Gasteiger partial charge < -0.3 is 19.4 Å². The van der Waals surface area contributed by atoms with Crippen molar-refractivity contribution in [3.63, 3.8) is 0 Å². The predicted octanol–water partition coefficient (Wildman–Crippen LogP) is 7.15. The van der Waals surface area contributed by atoms with Gasteiger partial charge in [0.25, 0.3) is 0 Å². The Bertz CT molecular complexity index is 1250. The van der Waals surface area contributed by atoms with Crippen LogP contribution in [0, 0.1) is 0 Å². The van der Waals surface area contributed by atoms with E-state index in [4.69, 9.17) is 9.47 Å². The van der Waals surface area contributed by atoms with E-state index in [1.807, 2.05) is 30.3 Å². The molecule has 5 nitrogen and oxygen atoms in total. The van der Waals surface area contributed by atoms with Gasteiger partial charge in [-0.15, -0.1) is 0 Å². The number of fused-ring (bicyclic) bond motifs is 1. The van der Waals surface area contributed by atoms with Crippen LogP contribution in [0.2, 0.25) is 0 Å². The molecule has 0 amide bonds. The Kier molecular flexibility index (Phi) is 7.60. The highest BCUT2D eigenvalue weighted by atomic mass is 19.4. The van der Waals surface area contributed by atoms with Gasteiger partial charge in [-0.25, -0.2) is 4.98 Å². The fraction of sp³-hybridized carbons (Fsp3) is 0.296. The number of rotatable bonds is 10. The van der Waals surface area contributed by atoms with Gasteiger partial charge in [0, 0.05) is 18.2 Å². The second-order valence-electron chi connectivity index (χ2n) is 8.15. The largest absolute Gasteiger partial charge is 0.493 e. The van der Waals surface area contributed by atoms with Crippen molar-refractivity contribution in [3.8, 4) is 28.6 Å². The molecule has 0 bridgehead atoms. The summed E-state index contributed by atoms with van der Waals surface area (Å²) < 4.78 is 50.3. The summed E-state index contributed by atoms with van der Waals surface area (Å²) in [6.45, 7) is 8.05. The van der Waals surface area contributed by atoms with Crippen molar-refractivity contribution in [3.05, 3.63) is 72.3 Å². The van der Waals surface area contributed by atoms with Crippen LogP contribution in [0.1, 0.15) is 25.8 Å². The van der Waals surface area contributed by atoms with Crippen molar-refractivity contribution in [2.45, 2.75) is 26.4 Å². The van der Waals surface area contributed by atoms with Crippen molar-refractivity contribution in [2.75, 3.05) is 26.2 Å². The van der Waals surface area contributed by atoms with E-state index < -0.39 is 11.7 Å². The molecule has 1 heterocycles. The Labute approximate surface area is 202 Å². The van der Waals surface area contributed by atoms with Crippen LogP contribution in [0.3, 0.4) is 0 Å². The summed E-state index contributed by atoms with van der Waals surface area (Å²) in [7, 11) is 0. The van der Waals surface area contributed by atoms with Gasteiger partial charge >= 0.3 is 6.18 Å². The van der Waals surface area contributed by atoms with E-state index in [1.165, 1.54) is 12.1 Å². The highest BCUT2D eigenvalue weighted by molar-refractivity contribution is 5.80. The Balaban J connectivity index is 1.40. The zero-order valence-corrected chi connectivity index (χ0v) is 19.7. The van der Waals surface area contributed by atoms with Crippen LogP contribution in [-0.4, -0.2) is 41.1 Å². The summed E-state index contributed by atoms with van der Waals surface area (Å²) in [5, 5.41) is 0. The molecule has 4 rings (SSSR count). The maximum atomic E-state index is 12.9. The van der Waals surface area contributed by atoms with Gasteiger partial charge in [0.05, 0.1) is 23.2 Å². The number of halogens is 3. The summed E-state index contributed by atoms with van der Waals surface area (Å²) in [6.07, 6.45) is -3.45. The highest BCUT2D eigenvalue weighted by Crippen LogP contribution is 2.33. The van der Waals surface area contributed by atoms with E-state index in [-0.39, 0.29) is 5.75 Å². The second-order valence-corrected chi connectivity index (χ2v) is 8.15. The molecule has 0 saturated carbocycles. The van der Waals surface area contributed by atoms with E-state index >= 15 is 0 Å². The summed E-state index contributed by atoms with van der Waals surface area (Å²) in [5.74, 6) is 2.03. The molecule has 8 heteroatoms. The Morgan fingerprint density at radius 2 is 1.63 bits per heavy atom. The first-order chi connectivity index (χ1) is 16.9. The molecule has 1 N–H and O–H groups in total. The summed E-state index contributed by atoms with van der Waals surface area (Å²) in [4.78, 5) is 10.3. The lowest BCUT2D eigenvalue weighted by molar-refractivity contribution is -0.137. The summed E-state index contributed by atoms with van der Waals surface area (Å²) >= 11 is 0. The molecule has 0 aliphatic carbocycles. The van der Waals surface area contributed by atoms with Gasteiger partial charge in [-0.3, -0.25) is 0 Å². The molecule has 3 aromatic carbocycles. The first-order valence-electron chi connectivity index (χ1n) is 11.7. The van der Waals surface area contributed by atoms with Gasteiger partial charge in [-0.1, -0.05) is 19.9 Å². The van der Waals surface area contributed by atoms with E-state index in [0.717, 1.165) is 60.5 Å². The number of ether oxygens (including phenoxy) is 2. The number of hydrogen-bond donors (Lipinski definition) is 1. The normalized spacial score (nSPS) is 11.8. The number of H-pyrrole nitrogens is 1. The van der Waals surface area contributed by atoms with E-state index in [0.29, 0.717) is 18.2 Å². The number of hydrogen-bond acceptors (Lipinski definition) is 4. The van der Waals surface area contributed by atoms with Crippen LogP contribution >= 0.6 is 0 Å². The monoisotopic (exact) mass is 483 g/mol. The molecule has 0 atom stereocenters. The maximum Gasteiger partial charge on any atom is 0.416 e. The topological polar surface area (TPSA) is 50.4 Å². The lowest BCUT2D eigenvalue weighted by atomic mass is 10.2. The van der Waals surface area contributed by atoms with Gasteiger partial charge in [0.1, 0.15) is 23.1 Å². The van der Waals surface area contributed by atoms with Crippen molar-refractivity contribution in [2.24, 2.45) is 0 Å². The standard InChI is InChI=1S/C27H28F3N3O2/c1-3-33(4-2)15-6-16-34-22-13-14-24-25(18-22)32-26(31-24)19-9-11-21(12-10-19)35-23-8-5-7-20(17-23)27(28,29)30/h5,7-14,17-18H,3-4,6,15-16H2,1-2H3,(H,31,32). The third kappa shape index (κ3) is 6.33. The first kappa shape index (κ1) is 24.6. The van der Waals surface area contributed by atoms with Gasteiger partial charge in [0.2, 0.25) is 0 Å². The van der Waals surface area contributed by atoms with Crippen LogP contribution in [0.25, 0.3) is 22.4 Å². The number of imidazole rings is 1. The average Bonchev–Trinajstić information content (AvgIpc) is 3.28. The third-order valence-electron chi connectivity index (χ3n) is 5.76. The van der Waals surface area contributed by atoms with Crippen molar-refractivity contribution in [1.82, 2.24) is 14.9 Å². The SMILES string of the molecule is CCN(CC)CCCOc1ccc2nc(-c3ccc(Oc4cccc(C(F)(F)F)c4)cc3)[nH]c2c1. The second kappa shape index (κ2) is 10.8. The minimum absolute atomic E-state index is 0.126. The Hall–Kier alpha value is -3.52. The van der Waals surface area contributed by atoms with Crippen LogP contribution in [0.15, 0.2) is 66.7 Å². The molecular weight excluding hydrogens is 455 g/mol. The van der Waals surface area contributed by atoms with Gasteiger partial charge in [-0.05, 0) is 74.1 Å². The van der Waals surface area contributed by atoms with Gasteiger partial charge in [0.15, 0.2) is 0 Å². The van der Waals surface area contributed by atoms with Crippen molar-refractivity contribution >= 4 is 11.0 Å². The molecule has 0 spiro atoms. The zero-order valence-electron chi connectivity index (χ0n) is 19.7. The molecule has 0 fully saturated rings. The quantitative estimate of drug-likeness (QED) is 0.243. The Morgan fingerprint density at radius 3 is 2.34 bits per heavy atom. The fourth-order valence-electron chi connectivity index (χ4n) is 3.79. The molecule has 4 aromatic rings. The predicted molar refractivity (Wildman–Crippen MR) is 131 cm³/mol. The molecule has 0 radical (unpaired) electrons. The van der Waals surface area contributed by atoms with E-state index in [2.05, 4.69) is 28.7 Å². The van der Waals surface area contributed by atoms with Crippen LogP contribution < -0.4 is 9.47 Å². The molecule has 0 unspecified atom stereocenters. The first-order valence-corrected chi connectivity index (χ1v) is 11.7. The van der Waals surface area contributed by atoms with E-state index in [1.54, 1.807) is 12.1 Å². The smallest absolute Gasteiger partial charge is 0.416 e. The number of alkyl halides is 3. The van der Waals surface area contributed by atoms with Crippen LogP contribution in [0.5, 0.6) is 17.2 Å². The van der Waals surface area contributed by atoms with Gasteiger partial charge in [-0.2, -0.15) is 13.2 Å². The molecular formula is C27H28F3N3O2. The third-order valence-corrected chi connectivity index (χ3v) is 5.76. The van der Waals surface area contributed by atoms with Crippen molar-refractivity contribution in [1.29, 1.82) is 0 Å². The van der Waals surface area contributed by atoms with Crippen molar-refractivity contribution < 1.29 is 22.6 Å².